The Kier molecular flexibility index (Phi) is 7.01. The molecule has 3 N–H and O–H groups in total. The van der Waals surface area contributed by atoms with Crippen LogP contribution in [0.5, 0.6) is 0 Å². The van der Waals surface area contributed by atoms with E-state index in [-0.39, 0.29) is 41.4 Å². The zero-order valence-electron chi connectivity index (χ0n) is 21.6. The summed E-state index contributed by atoms with van der Waals surface area (Å²) in [5, 5.41) is 16.4. The molecule has 1 spiro atoms. The van der Waals surface area contributed by atoms with Crippen LogP contribution in [0.1, 0.15) is 53.5 Å². The lowest BCUT2D eigenvalue weighted by atomic mass is 9.65. The number of hydrogen-bond acceptors (Lipinski definition) is 5. The third-order valence-electron chi connectivity index (χ3n) is 7.86. The van der Waals surface area contributed by atoms with Crippen molar-refractivity contribution in [2.45, 2.75) is 82.1 Å². The number of aliphatic hydroxyl groups is 1. The first kappa shape index (κ1) is 26.0. The molecule has 2 bridgehead atoms. The number of carbonyl (C=O) groups excluding carboxylic acids is 3. The molecular formula is C27H39N3O4S. The highest BCUT2D eigenvalue weighted by Crippen LogP contribution is 2.68. The highest BCUT2D eigenvalue weighted by Gasteiger charge is 2.76. The van der Waals surface area contributed by atoms with Crippen LogP contribution in [-0.4, -0.2) is 62.0 Å². The Morgan fingerprint density at radius 3 is 2.43 bits per heavy atom. The fourth-order valence-corrected chi connectivity index (χ4v) is 8.79. The van der Waals surface area contributed by atoms with Gasteiger partial charge in [0.2, 0.25) is 17.7 Å². The van der Waals surface area contributed by atoms with E-state index >= 15 is 0 Å². The van der Waals surface area contributed by atoms with Crippen LogP contribution >= 0.6 is 11.8 Å². The van der Waals surface area contributed by atoms with Crippen molar-refractivity contribution in [3.05, 3.63) is 35.9 Å². The van der Waals surface area contributed by atoms with Crippen LogP contribution in [0.15, 0.2) is 30.3 Å². The first-order valence-corrected chi connectivity index (χ1v) is 13.5. The van der Waals surface area contributed by atoms with Gasteiger partial charge in [-0.25, -0.2) is 0 Å². The Morgan fingerprint density at radius 1 is 1.20 bits per heavy atom. The van der Waals surface area contributed by atoms with Gasteiger partial charge >= 0.3 is 0 Å². The molecule has 3 saturated heterocycles. The van der Waals surface area contributed by atoms with E-state index < -0.39 is 34.2 Å². The fraction of sp³-hybridized carbons (Fsp3) is 0.667. The molecule has 0 radical (unpaired) electrons. The predicted molar refractivity (Wildman–Crippen MR) is 137 cm³/mol. The minimum Gasteiger partial charge on any atom is -0.394 e. The molecule has 0 aliphatic carbocycles. The molecule has 8 heteroatoms. The number of aliphatic hydroxyl groups excluding tert-OH is 1. The second-order valence-electron chi connectivity index (χ2n) is 11.7. The second-order valence-corrected chi connectivity index (χ2v) is 13.3. The Morgan fingerprint density at radius 2 is 1.86 bits per heavy atom. The molecule has 0 aromatic heterocycles. The fourth-order valence-electron chi connectivity index (χ4n) is 6.38. The molecule has 3 heterocycles. The Bertz CT molecular complexity index is 978. The number of likely N-dealkylation sites (tertiary alicyclic amines) is 1. The van der Waals surface area contributed by atoms with Crippen molar-refractivity contribution in [2.24, 2.45) is 23.7 Å². The van der Waals surface area contributed by atoms with Crippen molar-refractivity contribution < 1.29 is 19.5 Å². The largest absolute Gasteiger partial charge is 0.394 e. The van der Waals surface area contributed by atoms with Crippen molar-refractivity contribution in [1.29, 1.82) is 0 Å². The molecule has 1 aromatic carbocycles. The molecule has 3 aliphatic heterocycles. The van der Waals surface area contributed by atoms with Crippen molar-refractivity contribution >= 4 is 29.5 Å². The van der Waals surface area contributed by atoms with Crippen LogP contribution < -0.4 is 10.6 Å². The smallest absolute Gasteiger partial charge is 0.244 e. The van der Waals surface area contributed by atoms with Crippen LogP contribution in [-0.2, 0) is 20.9 Å². The molecule has 0 saturated carbocycles. The zero-order valence-corrected chi connectivity index (χ0v) is 22.4. The number of nitrogens with one attached hydrogen (secondary N) is 2. The number of thioether (sulfide) groups is 1. The lowest BCUT2D eigenvalue weighted by molar-refractivity contribution is -0.144. The van der Waals surface area contributed by atoms with E-state index in [1.807, 2.05) is 65.0 Å². The van der Waals surface area contributed by atoms with Gasteiger partial charge in [-0.1, -0.05) is 51.1 Å². The molecule has 192 valence electrons. The summed E-state index contributed by atoms with van der Waals surface area (Å²) in [7, 11) is 0. The zero-order chi connectivity index (χ0) is 25.7. The van der Waals surface area contributed by atoms with E-state index in [9.17, 15) is 19.5 Å². The predicted octanol–water partition coefficient (Wildman–Crippen LogP) is 2.57. The standard InChI is InChI=1S/C27H39N3O4S/c1-15(2)18(14-31)30-22(24(33)29-26(4,5)6)27-16(3)12-19(35-27)20(21(27)25(30)34)23(32)28-13-17-10-8-7-9-11-17/h7-11,15-16,18-22,31H,12-14H2,1-6H3,(H,28,32)(H,29,33)/t16?,18-,19-,20+,21-,22?,27?/m0/s1. The Labute approximate surface area is 212 Å². The number of hydrogen-bond donors (Lipinski definition) is 3. The quantitative estimate of drug-likeness (QED) is 0.533. The second kappa shape index (κ2) is 9.43. The van der Waals surface area contributed by atoms with E-state index in [4.69, 9.17) is 0 Å². The van der Waals surface area contributed by atoms with Crippen LogP contribution in [0, 0.1) is 23.7 Å². The number of fused-ring (bicyclic) bond motifs is 1. The van der Waals surface area contributed by atoms with Gasteiger partial charge in [0.25, 0.3) is 0 Å². The van der Waals surface area contributed by atoms with Crippen LogP contribution in [0.4, 0.5) is 0 Å². The number of amides is 3. The van der Waals surface area contributed by atoms with Gasteiger partial charge in [-0.2, -0.15) is 0 Å². The minimum absolute atomic E-state index is 0.00608. The van der Waals surface area contributed by atoms with Gasteiger partial charge in [0, 0.05) is 17.3 Å². The van der Waals surface area contributed by atoms with Crippen LogP contribution in [0.25, 0.3) is 0 Å². The molecule has 35 heavy (non-hydrogen) atoms. The van der Waals surface area contributed by atoms with E-state index in [2.05, 4.69) is 17.6 Å². The molecular weight excluding hydrogens is 462 g/mol. The lowest BCUT2D eigenvalue weighted by Crippen LogP contribution is -2.61. The lowest BCUT2D eigenvalue weighted by Gasteiger charge is -2.41. The van der Waals surface area contributed by atoms with Crippen molar-refractivity contribution in [3.63, 3.8) is 0 Å². The van der Waals surface area contributed by atoms with Crippen molar-refractivity contribution in [2.75, 3.05) is 6.61 Å². The SMILES string of the molecule is CC(C)[C@H](CO)N1C(=O)[C@@H]2[C@H](C(=O)NCc3ccccc3)[C@@H]3CC(C)C2(S3)C1C(=O)NC(C)(C)C. The molecule has 7 atom stereocenters. The normalized spacial score (nSPS) is 32.6. The number of nitrogens with zero attached hydrogens (tertiary/aromatic N) is 1. The van der Waals surface area contributed by atoms with E-state index in [1.165, 1.54) is 0 Å². The summed E-state index contributed by atoms with van der Waals surface area (Å²) in [6.45, 7) is 12.0. The van der Waals surface area contributed by atoms with Gasteiger partial charge < -0.3 is 20.6 Å². The maximum Gasteiger partial charge on any atom is 0.244 e. The van der Waals surface area contributed by atoms with Gasteiger partial charge in [-0.3, -0.25) is 14.4 Å². The van der Waals surface area contributed by atoms with E-state index in [1.54, 1.807) is 16.7 Å². The third kappa shape index (κ3) is 4.37. The molecule has 3 aliphatic rings. The van der Waals surface area contributed by atoms with E-state index in [0.29, 0.717) is 6.54 Å². The summed E-state index contributed by atoms with van der Waals surface area (Å²) in [5.74, 6) is -1.51. The van der Waals surface area contributed by atoms with Gasteiger partial charge in [0.1, 0.15) is 6.04 Å². The summed E-state index contributed by atoms with van der Waals surface area (Å²) in [4.78, 5) is 43.1. The summed E-state index contributed by atoms with van der Waals surface area (Å²) < 4.78 is -0.686. The van der Waals surface area contributed by atoms with Crippen molar-refractivity contribution in [1.82, 2.24) is 15.5 Å². The molecule has 4 rings (SSSR count). The maximum absolute atomic E-state index is 14.1. The first-order chi connectivity index (χ1) is 16.4. The minimum atomic E-state index is -0.726. The topological polar surface area (TPSA) is 98.7 Å². The summed E-state index contributed by atoms with van der Waals surface area (Å²) in [6, 6.07) is 8.51. The Balaban J connectivity index is 1.71. The average Bonchev–Trinajstić information content (AvgIpc) is 3.36. The van der Waals surface area contributed by atoms with Crippen LogP contribution in [0.2, 0.25) is 0 Å². The average molecular weight is 502 g/mol. The molecule has 3 unspecified atom stereocenters. The number of benzene rings is 1. The summed E-state index contributed by atoms with van der Waals surface area (Å²) >= 11 is 1.66. The highest BCUT2D eigenvalue weighted by atomic mass is 32.2. The first-order valence-electron chi connectivity index (χ1n) is 12.7. The van der Waals surface area contributed by atoms with Crippen LogP contribution in [0.3, 0.4) is 0 Å². The van der Waals surface area contributed by atoms with Gasteiger partial charge in [-0.15, -0.1) is 11.8 Å². The Hall–Kier alpha value is -2.06. The maximum atomic E-state index is 14.1. The molecule has 3 amide bonds. The molecule has 3 fully saturated rings. The van der Waals surface area contributed by atoms with E-state index in [0.717, 1.165) is 12.0 Å². The third-order valence-corrected chi connectivity index (χ3v) is 9.93. The van der Waals surface area contributed by atoms with Gasteiger partial charge in [-0.05, 0) is 44.6 Å². The summed E-state index contributed by atoms with van der Waals surface area (Å²) in [5.41, 5.74) is 0.533. The van der Waals surface area contributed by atoms with Gasteiger partial charge in [0.15, 0.2) is 0 Å². The summed E-state index contributed by atoms with van der Waals surface area (Å²) in [6.07, 6.45) is 0.788. The van der Waals surface area contributed by atoms with Crippen molar-refractivity contribution in [3.8, 4) is 0 Å². The highest BCUT2D eigenvalue weighted by molar-refractivity contribution is 8.02. The monoisotopic (exact) mass is 501 g/mol. The molecule has 7 nitrogen and oxygen atoms in total. The van der Waals surface area contributed by atoms with Gasteiger partial charge in [0.05, 0.1) is 29.2 Å². The molecule has 1 aromatic rings. The number of carbonyl (C=O) groups is 3. The number of rotatable bonds is 7.